The number of benzene rings is 1. The molecule has 1 aromatic carbocycles. The van der Waals surface area contributed by atoms with Crippen LogP contribution < -0.4 is 0 Å². The van der Waals surface area contributed by atoms with Crippen molar-refractivity contribution in [3.63, 3.8) is 0 Å². The van der Waals surface area contributed by atoms with Gasteiger partial charge in [-0.05, 0) is 29.1 Å². The second-order valence-corrected chi connectivity index (χ2v) is 5.22. The highest BCUT2D eigenvalue weighted by atomic mass is 35.5. The van der Waals surface area contributed by atoms with Crippen molar-refractivity contribution in [1.29, 1.82) is 0 Å². The van der Waals surface area contributed by atoms with Crippen molar-refractivity contribution in [2.45, 2.75) is 5.88 Å². The monoisotopic (exact) mass is 259 g/mol. The van der Waals surface area contributed by atoms with Gasteiger partial charge in [-0.1, -0.05) is 18.2 Å². The molecule has 0 fully saturated rings. The average molecular weight is 260 g/mol. The fourth-order valence-corrected chi connectivity index (χ4v) is 3.01. The zero-order valence-corrected chi connectivity index (χ0v) is 10.6. The minimum Gasteiger partial charge on any atom is -0.264 e. The zero-order chi connectivity index (χ0) is 11.7. The van der Waals surface area contributed by atoms with Gasteiger partial charge in [0.2, 0.25) is 0 Å². The lowest BCUT2D eigenvalue weighted by molar-refractivity contribution is 1.25. The molecule has 0 radical (unpaired) electrons. The summed E-state index contributed by atoms with van der Waals surface area (Å²) in [4.78, 5) is 5.47. The first-order valence-corrected chi connectivity index (χ1v) is 6.71. The Kier molecular flexibility index (Phi) is 2.83. The number of fused-ring (bicyclic) bond motifs is 1. The number of nitrogens with zero attached hydrogens (tertiary/aromatic N) is 1. The van der Waals surface area contributed by atoms with Gasteiger partial charge in [0.25, 0.3) is 0 Å². The third-order valence-corrected chi connectivity index (χ3v) is 4.13. The fraction of sp³-hybridized carbons (Fsp3) is 0.0714. The van der Waals surface area contributed by atoms with Crippen molar-refractivity contribution < 1.29 is 0 Å². The lowest BCUT2D eigenvalue weighted by atomic mass is 10.1. The van der Waals surface area contributed by atoms with Crippen LogP contribution in [0.5, 0.6) is 0 Å². The van der Waals surface area contributed by atoms with Crippen LogP contribution in [0.25, 0.3) is 20.5 Å². The zero-order valence-electron chi connectivity index (χ0n) is 9.06. The lowest BCUT2D eigenvalue weighted by Gasteiger charge is -1.98. The quantitative estimate of drug-likeness (QED) is 0.608. The molecule has 0 amide bonds. The highest BCUT2D eigenvalue weighted by Crippen LogP contribution is 2.33. The number of alkyl halides is 1. The van der Waals surface area contributed by atoms with Gasteiger partial charge in [0.05, 0.1) is 0 Å². The SMILES string of the molecule is ClCc1cncc(-c2cc3ccccc3s2)c1. The second kappa shape index (κ2) is 4.47. The number of rotatable bonds is 2. The van der Waals surface area contributed by atoms with Gasteiger partial charge in [-0.3, -0.25) is 4.98 Å². The van der Waals surface area contributed by atoms with Crippen molar-refractivity contribution in [3.8, 4) is 10.4 Å². The van der Waals surface area contributed by atoms with E-state index in [9.17, 15) is 0 Å². The van der Waals surface area contributed by atoms with Gasteiger partial charge in [-0.2, -0.15) is 0 Å². The minimum absolute atomic E-state index is 0.506. The first-order valence-electron chi connectivity index (χ1n) is 5.35. The van der Waals surface area contributed by atoms with Crippen LogP contribution in [0.4, 0.5) is 0 Å². The molecule has 0 saturated carbocycles. The molecule has 0 aliphatic heterocycles. The minimum atomic E-state index is 0.506. The summed E-state index contributed by atoms with van der Waals surface area (Å²) in [6.45, 7) is 0. The summed E-state index contributed by atoms with van der Waals surface area (Å²) in [5, 5.41) is 1.28. The van der Waals surface area contributed by atoms with Gasteiger partial charge in [-0.15, -0.1) is 22.9 Å². The van der Waals surface area contributed by atoms with Crippen LogP contribution in [-0.4, -0.2) is 4.98 Å². The molecule has 3 aromatic rings. The average Bonchev–Trinajstić information content (AvgIpc) is 2.82. The van der Waals surface area contributed by atoms with E-state index in [1.54, 1.807) is 11.3 Å². The summed E-state index contributed by atoms with van der Waals surface area (Å²) < 4.78 is 1.30. The van der Waals surface area contributed by atoms with Gasteiger partial charge in [-0.25, -0.2) is 0 Å². The summed E-state index contributed by atoms with van der Waals surface area (Å²) >= 11 is 7.61. The van der Waals surface area contributed by atoms with Crippen molar-refractivity contribution in [3.05, 3.63) is 54.4 Å². The molecule has 84 valence electrons. The largest absolute Gasteiger partial charge is 0.264 e. The standard InChI is InChI=1S/C14H10ClNS/c15-7-10-5-12(9-16-8-10)14-6-11-3-1-2-4-13(11)17-14/h1-6,8-9H,7H2. The molecule has 17 heavy (non-hydrogen) atoms. The fourth-order valence-electron chi connectivity index (χ4n) is 1.82. The van der Waals surface area contributed by atoms with Crippen molar-refractivity contribution >= 4 is 33.0 Å². The highest BCUT2D eigenvalue weighted by molar-refractivity contribution is 7.22. The first kappa shape index (κ1) is 10.8. The number of hydrogen-bond acceptors (Lipinski definition) is 2. The molecule has 2 aromatic heterocycles. The topological polar surface area (TPSA) is 12.9 Å². The molecule has 1 nitrogen and oxygen atoms in total. The molecular formula is C14H10ClNS. The maximum absolute atomic E-state index is 5.83. The van der Waals surface area contributed by atoms with E-state index in [-0.39, 0.29) is 0 Å². The second-order valence-electron chi connectivity index (χ2n) is 3.86. The predicted octanol–water partition coefficient (Wildman–Crippen LogP) is 4.70. The Bertz CT molecular complexity index is 627. The molecule has 0 aliphatic rings. The number of hydrogen-bond donors (Lipinski definition) is 0. The number of thiophene rings is 1. The molecule has 0 saturated heterocycles. The maximum atomic E-state index is 5.83. The molecule has 0 atom stereocenters. The van der Waals surface area contributed by atoms with E-state index in [2.05, 4.69) is 41.4 Å². The van der Waals surface area contributed by atoms with Gasteiger partial charge in [0.15, 0.2) is 0 Å². The van der Waals surface area contributed by atoms with Crippen LogP contribution in [0, 0.1) is 0 Å². The van der Waals surface area contributed by atoms with Crippen LogP contribution in [0.15, 0.2) is 48.8 Å². The van der Waals surface area contributed by atoms with Gasteiger partial charge >= 0.3 is 0 Å². The van der Waals surface area contributed by atoms with Gasteiger partial charge < -0.3 is 0 Å². The van der Waals surface area contributed by atoms with Crippen LogP contribution in [0.2, 0.25) is 0 Å². The Morgan fingerprint density at radius 3 is 2.82 bits per heavy atom. The van der Waals surface area contributed by atoms with E-state index in [0.29, 0.717) is 5.88 Å². The number of aromatic nitrogens is 1. The van der Waals surface area contributed by atoms with Gasteiger partial charge in [0.1, 0.15) is 0 Å². The Morgan fingerprint density at radius 2 is 2.00 bits per heavy atom. The van der Waals surface area contributed by atoms with Crippen molar-refractivity contribution in [2.75, 3.05) is 0 Å². The van der Waals surface area contributed by atoms with Crippen LogP contribution in [-0.2, 0) is 5.88 Å². The molecular weight excluding hydrogens is 250 g/mol. The molecule has 0 unspecified atom stereocenters. The van der Waals surface area contributed by atoms with E-state index in [0.717, 1.165) is 11.1 Å². The van der Waals surface area contributed by atoms with E-state index in [1.165, 1.54) is 15.0 Å². The highest BCUT2D eigenvalue weighted by Gasteiger charge is 2.04. The smallest absolute Gasteiger partial charge is 0.0489 e. The molecule has 2 heterocycles. The maximum Gasteiger partial charge on any atom is 0.0489 e. The molecule has 0 spiro atoms. The lowest BCUT2D eigenvalue weighted by Crippen LogP contribution is -1.82. The van der Waals surface area contributed by atoms with Gasteiger partial charge in [0, 0.05) is 33.4 Å². The summed E-state index contributed by atoms with van der Waals surface area (Å²) in [6.07, 6.45) is 3.70. The summed E-state index contributed by atoms with van der Waals surface area (Å²) in [5.41, 5.74) is 2.20. The summed E-state index contributed by atoms with van der Waals surface area (Å²) in [5.74, 6) is 0.506. The summed E-state index contributed by atoms with van der Waals surface area (Å²) in [6, 6.07) is 12.7. The molecule has 0 aliphatic carbocycles. The van der Waals surface area contributed by atoms with Crippen LogP contribution >= 0.6 is 22.9 Å². The third-order valence-electron chi connectivity index (χ3n) is 2.66. The van der Waals surface area contributed by atoms with Crippen molar-refractivity contribution in [1.82, 2.24) is 4.98 Å². The predicted molar refractivity (Wildman–Crippen MR) is 74.6 cm³/mol. The van der Waals surface area contributed by atoms with Crippen LogP contribution in [0.1, 0.15) is 5.56 Å². The molecule has 3 rings (SSSR count). The Morgan fingerprint density at radius 1 is 1.12 bits per heavy atom. The summed E-state index contributed by atoms with van der Waals surface area (Å²) in [7, 11) is 0. The van der Waals surface area contributed by atoms with Crippen LogP contribution in [0.3, 0.4) is 0 Å². The molecule has 3 heteroatoms. The Labute approximate surface area is 109 Å². The number of halogens is 1. The Balaban J connectivity index is 2.13. The molecule has 0 bridgehead atoms. The van der Waals surface area contributed by atoms with E-state index < -0.39 is 0 Å². The van der Waals surface area contributed by atoms with E-state index in [1.807, 2.05) is 12.4 Å². The molecule has 0 N–H and O–H groups in total. The van der Waals surface area contributed by atoms with Crippen molar-refractivity contribution in [2.24, 2.45) is 0 Å². The van der Waals surface area contributed by atoms with E-state index in [4.69, 9.17) is 11.6 Å². The van der Waals surface area contributed by atoms with E-state index >= 15 is 0 Å². The normalized spacial score (nSPS) is 10.9. The Hall–Kier alpha value is -1.38. The third kappa shape index (κ3) is 2.06. The number of pyridine rings is 1. The first-order chi connectivity index (χ1) is 8.36.